The molecule has 3 aromatic rings. The maximum Gasteiger partial charge on any atom is 0.339 e. The van der Waals surface area contributed by atoms with Crippen LogP contribution in [0, 0.1) is 0 Å². The summed E-state index contributed by atoms with van der Waals surface area (Å²) in [6.45, 7) is 0. The number of benzene rings is 3. The van der Waals surface area contributed by atoms with Gasteiger partial charge < -0.3 is 9.64 Å². The molecule has 0 N–H and O–H groups in total. The molecule has 0 radical (unpaired) electrons. The Kier molecular flexibility index (Phi) is 4.47. The van der Waals surface area contributed by atoms with Crippen LogP contribution in [-0.4, -0.2) is 18.9 Å². The monoisotopic (exact) mass is 357 g/mol. The summed E-state index contributed by atoms with van der Waals surface area (Å²) in [7, 11) is 1.75. The van der Waals surface area contributed by atoms with E-state index in [0.29, 0.717) is 17.5 Å². The molecule has 4 rings (SSSR count). The molecule has 1 amide bonds. The second kappa shape index (κ2) is 7.08. The number of fused-ring (bicyclic) bond motifs is 1. The van der Waals surface area contributed by atoms with Gasteiger partial charge in [-0.25, -0.2) is 4.79 Å². The van der Waals surface area contributed by atoms with Gasteiger partial charge in [0, 0.05) is 24.7 Å². The average Bonchev–Trinajstić information content (AvgIpc) is 2.73. The number of para-hydroxylation sites is 1. The van der Waals surface area contributed by atoms with E-state index in [4.69, 9.17) is 4.74 Å². The van der Waals surface area contributed by atoms with E-state index in [-0.39, 0.29) is 18.0 Å². The van der Waals surface area contributed by atoms with Gasteiger partial charge in [0.15, 0.2) is 0 Å². The molecule has 3 aromatic carbocycles. The summed E-state index contributed by atoms with van der Waals surface area (Å²) in [6.07, 6.45) is 0.227. The zero-order chi connectivity index (χ0) is 18.8. The van der Waals surface area contributed by atoms with Crippen LogP contribution in [0.4, 0.5) is 5.69 Å². The Morgan fingerprint density at radius 2 is 1.63 bits per heavy atom. The zero-order valence-electron chi connectivity index (χ0n) is 15.0. The molecule has 134 valence electrons. The maximum atomic E-state index is 12.9. The minimum absolute atomic E-state index is 0.112. The van der Waals surface area contributed by atoms with Crippen molar-refractivity contribution in [2.24, 2.45) is 0 Å². The predicted octanol–water partition coefficient (Wildman–Crippen LogP) is 4.42. The molecule has 27 heavy (non-hydrogen) atoms. The quantitative estimate of drug-likeness (QED) is 0.652. The molecule has 1 aliphatic heterocycles. The van der Waals surface area contributed by atoms with E-state index in [1.807, 2.05) is 66.7 Å². The number of rotatable bonds is 3. The van der Waals surface area contributed by atoms with Crippen LogP contribution in [0.1, 0.15) is 37.9 Å². The first kappa shape index (κ1) is 17.0. The Labute approximate surface area is 158 Å². The smallest absolute Gasteiger partial charge is 0.339 e. The number of esters is 1. The summed E-state index contributed by atoms with van der Waals surface area (Å²) in [6, 6.07) is 24.3. The van der Waals surface area contributed by atoms with Crippen molar-refractivity contribution >= 4 is 17.6 Å². The molecule has 0 fully saturated rings. The minimum Gasteiger partial charge on any atom is -0.454 e. The fourth-order valence-electron chi connectivity index (χ4n) is 3.34. The summed E-state index contributed by atoms with van der Waals surface area (Å²) >= 11 is 0. The molecule has 1 heterocycles. The van der Waals surface area contributed by atoms with Crippen molar-refractivity contribution in [1.82, 2.24) is 0 Å². The van der Waals surface area contributed by atoms with Gasteiger partial charge in [-0.2, -0.15) is 0 Å². The SMILES string of the molecule is CN(C(=O)c1ccc2c(c1)CC(c1ccccc1)OC2=O)c1ccccc1. The lowest BCUT2D eigenvalue weighted by molar-refractivity contribution is 0.0252. The first-order valence-corrected chi connectivity index (χ1v) is 8.85. The van der Waals surface area contributed by atoms with E-state index in [0.717, 1.165) is 16.8 Å². The van der Waals surface area contributed by atoms with Gasteiger partial charge in [0.1, 0.15) is 6.10 Å². The molecule has 0 saturated carbocycles. The summed E-state index contributed by atoms with van der Waals surface area (Å²) in [5.74, 6) is -0.459. The standard InChI is InChI=1S/C23H19NO3/c1-24(19-10-6-3-7-11-19)22(25)17-12-13-20-18(14-17)15-21(27-23(20)26)16-8-4-2-5-9-16/h2-14,21H,15H2,1H3. The molecule has 0 aliphatic carbocycles. The second-order valence-corrected chi connectivity index (χ2v) is 6.58. The van der Waals surface area contributed by atoms with Gasteiger partial charge >= 0.3 is 5.97 Å². The molecule has 4 heteroatoms. The third-order valence-corrected chi connectivity index (χ3v) is 4.85. The Balaban J connectivity index is 1.63. The van der Waals surface area contributed by atoms with Crippen molar-refractivity contribution in [2.45, 2.75) is 12.5 Å². The number of carbonyl (C=O) groups excluding carboxylic acids is 2. The number of hydrogen-bond donors (Lipinski definition) is 0. The van der Waals surface area contributed by atoms with Gasteiger partial charge in [-0.05, 0) is 41.5 Å². The zero-order valence-corrected chi connectivity index (χ0v) is 15.0. The average molecular weight is 357 g/mol. The molecule has 0 bridgehead atoms. The third-order valence-electron chi connectivity index (χ3n) is 4.85. The number of amides is 1. The van der Waals surface area contributed by atoms with Crippen molar-refractivity contribution < 1.29 is 14.3 Å². The lowest BCUT2D eigenvalue weighted by Crippen LogP contribution is -2.27. The molecule has 1 aliphatic rings. The van der Waals surface area contributed by atoms with Crippen molar-refractivity contribution in [3.63, 3.8) is 0 Å². The van der Waals surface area contributed by atoms with Crippen molar-refractivity contribution in [3.8, 4) is 0 Å². The van der Waals surface area contributed by atoms with E-state index in [2.05, 4.69) is 0 Å². The topological polar surface area (TPSA) is 46.6 Å². The minimum atomic E-state index is -0.347. The number of anilines is 1. The Morgan fingerprint density at radius 1 is 0.963 bits per heavy atom. The van der Waals surface area contributed by atoms with E-state index in [1.54, 1.807) is 24.1 Å². The summed E-state index contributed by atoms with van der Waals surface area (Å²) in [5, 5.41) is 0. The van der Waals surface area contributed by atoms with Crippen molar-refractivity contribution in [3.05, 3.63) is 101 Å². The van der Waals surface area contributed by atoms with Crippen LogP contribution < -0.4 is 4.90 Å². The highest BCUT2D eigenvalue weighted by atomic mass is 16.5. The molecular weight excluding hydrogens is 338 g/mol. The number of hydrogen-bond acceptors (Lipinski definition) is 3. The van der Waals surface area contributed by atoms with E-state index < -0.39 is 0 Å². The fraction of sp³-hybridized carbons (Fsp3) is 0.130. The highest BCUT2D eigenvalue weighted by Crippen LogP contribution is 2.31. The van der Waals surface area contributed by atoms with Crippen molar-refractivity contribution in [2.75, 3.05) is 11.9 Å². The molecule has 0 aromatic heterocycles. The van der Waals surface area contributed by atoms with Crippen LogP contribution in [-0.2, 0) is 11.2 Å². The Morgan fingerprint density at radius 3 is 2.33 bits per heavy atom. The number of cyclic esters (lactones) is 1. The van der Waals surface area contributed by atoms with Gasteiger partial charge in [-0.1, -0.05) is 48.5 Å². The lowest BCUT2D eigenvalue weighted by Gasteiger charge is -2.26. The predicted molar refractivity (Wildman–Crippen MR) is 104 cm³/mol. The third kappa shape index (κ3) is 3.34. The van der Waals surface area contributed by atoms with Crippen LogP contribution in [0.2, 0.25) is 0 Å². The first-order valence-electron chi connectivity index (χ1n) is 8.85. The largest absolute Gasteiger partial charge is 0.454 e. The van der Waals surface area contributed by atoms with Gasteiger partial charge in [0.25, 0.3) is 5.91 Å². The van der Waals surface area contributed by atoms with Crippen LogP contribution in [0.3, 0.4) is 0 Å². The van der Waals surface area contributed by atoms with Crippen molar-refractivity contribution in [1.29, 1.82) is 0 Å². The molecule has 1 unspecified atom stereocenters. The number of ether oxygens (including phenoxy) is 1. The van der Waals surface area contributed by atoms with E-state index >= 15 is 0 Å². The normalized spacial score (nSPS) is 15.6. The maximum absolute atomic E-state index is 12.9. The van der Waals surface area contributed by atoms with Crippen LogP contribution >= 0.6 is 0 Å². The van der Waals surface area contributed by atoms with Gasteiger partial charge in [-0.15, -0.1) is 0 Å². The highest BCUT2D eigenvalue weighted by Gasteiger charge is 2.28. The Hall–Kier alpha value is -3.40. The highest BCUT2D eigenvalue weighted by molar-refractivity contribution is 6.06. The molecule has 0 spiro atoms. The summed E-state index contributed by atoms with van der Waals surface area (Å²) in [5.41, 5.74) is 3.70. The second-order valence-electron chi connectivity index (χ2n) is 6.58. The Bertz CT molecular complexity index is 983. The van der Waals surface area contributed by atoms with Crippen LogP contribution in [0.25, 0.3) is 0 Å². The summed E-state index contributed by atoms with van der Waals surface area (Å²) < 4.78 is 5.58. The summed E-state index contributed by atoms with van der Waals surface area (Å²) in [4.78, 5) is 26.9. The number of nitrogens with zero attached hydrogens (tertiary/aromatic N) is 1. The van der Waals surface area contributed by atoms with Crippen LogP contribution in [0.15, 0.2) is 78.9 Å². The molecule has 1 atom stereocenters. The molecular formula is C23H19NO3. The molecule has 0 saturated heterocycles. The van der Waals surface area contributed by atoms with Crippen LogP contribution in [0.5, 0.6) is 0 Å². The van der Waals surface area contributed by atoms with E-state index in [9.17, 15) is 9.59 Å². The van der Waals surface area contributed by atoms with Gasteiger partial charge in [-0.3, -0.25) is 4.79 Å². The number of carbonyl (C=O) groups is 2. The van der Waals surface area contributed by atoms with Gasteiger partial charge in [0.2, 0.25) is 0 Å². The van der Waals surface area contributed by atoms with Gasteiger partial charge in [0.05, 0.1) is 5.56 Å². The lowest BCUT2D eigenvalue weighted by atomic mass is 9.93. The van der Waals surface area contributed by atoms with E-state index in [1.165, 1.54) is 0 Å². The first-order chi connectivity index (χ1) is 13.1. The molecule has 4 nitrogen and oxygen atoms in total. The fourth-order valence-corrected chi connectivity index (χ4v) is 3.34.